The fraction of sp³-hybridized carbons (Fsp3) is 0.556. The number of hydrogen-bond acceptors (Lipinski definition) is 4. The summed E-state index contributed by atoms with van der Waals surface area (Å²) in [6, 6.07) is 5.69. The third-order valence-corrected chi connectivity index (χ3v) is 5.07. The predicted molar refractivity (Wildman–Crippen MR) is 91.3 cm³/mol. The van der Waals surface area contributed by atoms with Crippen molar-refractivity contribution in [2.75, 3.05) is 6.54 Å². The van der Waals surface area contributed by atoms with Crippen LogP contribution in [0.5, 0.6) is 0 Å². The molecule has 1 aromatic carbocycles. The van der Waals surface area contributed by atoms with Crippen LogP contribution in [0, 0.1) is 18.2 Å². The van der Waals surface area contributed by atoms with Crippen LogP contribution in [0.2, 0.25) is 0 Å². The Kier molecular flexibility index (Phi) is 5.11. The van der Waals surface area contributed by atoms with Gasteiger partial charge in [-0.25, -0.2) is 9.07 Å². The average molecular weight is 345 g/mol. The molecule has 1 fully saturated rings. The topological polar surface area (TPSA) is 72.7 Å². The number of aromatic nitrogens is 4. The lowest BCUT2D eigenvalue weighted by Crippen LogP contribution is -2.40. The molecule has 1 amide bonds. The largest absolute Gasteiger partial charge is 0.354 e. The van der Waals surface area contributed by atoms with Crippen molar-refractivity contribution in [2.45, 2.75) is 52.0 Å². The van der Waals surface area contributed by atoms with Gasteiger partial charge in [-0.1, -0.05) is 31.9 Å². The summed E-state index contributed by atoms with van der Waals surface area (Å²) in [6.45, 7) is 4.61. The molecule has 0 spiro atoms. The Morgan fingerprint density at radius 2 is 2.16 bits per heavy atom. The minimum absolute atomic E-state index is 0.132. The number of benzene rings is 1. The molecule has 0 aliphatic heterocycles. The number of carbonyl (C=O) groups excluding carboxylic acids is 1. The number of nitrogens with zero attached hydrogens (tertiary/aromatic N) is 4. The lowest BCUT2D eigenvalue weighted by atomic mass is 9.89. The Bertz CT molecular complexity index is 739. The van der Waals surface area contributed by atoms with Crippen LogP contribution < -0.4 is 5.32 Å². The second-order valence-corrected chi connectivity index (χ2v) is 7.26. The van der Waals surface area contributed by atoms with Gasteiger partial charge in [0.15, 0.2) is 0 Å². The second kappa shape index (κ2) is 7.29. The Hall–Kier alpha value is -2.31. The van der Waals surface area contributed by atoms with Gasteiger partial charge in [-0.2, -0.15) is 0 Å². The Balaban J connectivity index is 1.76. The molecule has 1 unspecified atom stereocenters. The molecule has 1 saturated carbocycles. The SMILES string of the molecule is Cc1nnnn1C(Cc1cccc(F)c1)C(=O)NCC1(C)CCCC1. The number of tetrazole rings is 1. The third kappa shape index (κ3) is 4.21. The van der Waals surface area contributed by atoms with Crippen molar-refractivity contribution in [3.05, 3.63) is 41.5 Å². The number of nitrogens with one attached hydrogen (secondary N) is 1. The Morgan fingerprint density at radius 3 is 2.80 bits per heavy atom. The summed E-state index contributed by atoms with van der Waals surface area (Å²) in [5, 5.41) is 14.5. The molecule has 7 heteroatoms. The van der Waals surface area contributed by atoms with E-state index in [0.717, 1.165) is 18.4 Å². The van der Waals surface area contributed by atoms with Gasteiger partial charge in [0.05, 0.1) is 0 Å². The van der Waals surface area contributed by atoms with Crippen LogP contribution in [0.1, 0.15) is 50.0 Å². The number of carbonyl (C=O) groups is 1. The highest BCUT2D eigenvalue weighted by molar-refractivity contribution is 5.80. The van der Waals surface area contributed by atoms with E-state index in [2.05, 4.69) is 27.8 Å². The van der Waals surface area contributed by atoms with Crippen LogP contribution in [-0.4, -0.2) is 32.7 Å². The van der Waals surface area contributed by atoms with Gasteiger partial charge in [0.2, 0.25) is 5.91 Å². The van der Waals surface area contributed by atoms with Gasteiger partial charge in [0.1, 0.15) is 17.7 Å². The van der Waals surface area contributed by atoms with E-state index < -0.39 is 6.04 Å². The van der Waals surface area contributed by atoms with Gasteiger partial charge < -0.3 is 5.32 Å². The number of hydrogen-bond donors (Lipinski definition) is 1. The molecule has 0 radical (unpaired) electrons. The van der Waals surface area contributed by atoms with E-state index in [4.69, 9.17) is 0 Å². The molecule has 25 heavy (non-hydrogen) atoms. The summed E-state index contributed by atoms with van der Waals surface area (Å²) in [7, 11) is 0. The molecule has 0 bridgehead atoms. The van der Waals surface area contributed by atoms with Crippen LogP contribution in [0.4, 0.5) is 4.39 Å². The maximum absolute atomic E-state index is 13.5. The Morgan fingerprint density at radius 1 is 1.40 bits per heavy atom. The van der Waals surface area contributed by atoms with Crippen LogP contribution >= 0.6 is 0 Å². The molecule has 134 valence electrons. The first-order valence-corrected chi connectivity index (χ1v) is 8.73. The van der Waals surface area contributed by atoms with Crippen molar-refractivity contribution >= 4 is 5.91 Å². The van der Waals surface area contributed by atoms with Crippen molar-refractivity contribution in [3.8, 4) is 0 Å². The smallest absolute Gasteiger partial charge is 0.245 e. The maximum atomic E-state index is 13.5. The monoisotopic (exact) mass is 345 g/mol. The molecule has 1 aliphatic carbocycles. The molecular formula is C18H24FN5O. The van der Waals surface area contributed by atoms with E-state index in [1.807, 2.05) is 0 Å². The summed E-state index contributed by atoms with van der Waals surface area (Å²) in [5.74, 6) is 0.111. The van der Waals surface area contributed by atoms with Crippen molar-refractivity contribution in [1.29, 1.82) is 0 Å². The molecule has 1 atom stereocenters. The van der Waals surface area contributed by atoms with E-state index in [-0.39, 0.29) is 17.1 Å². The summed E-state index contributed by atoms with van der Waals surface area (Å²) in [5.41, 5.74) is 0.900. The van der Waals surface area contributed by atoms with Crippen molar-refractivity contribution in [3.63, 3.8) is 0 Å². The number of rotatable bonds is 6. The van der Waals surface area contributed by atoms with E-state index >= 15 is 0 Å². The molecular weight excluding hydrogens is 321 g/mol. The molecule has 1 heterocycles. The van der Waals surface area contributed by atoms with Gasteiger partial charge in [-0.15, -0.1) is 5.10 Å². The van der Waals surface area contributed by atoms with Crippen LogP contribution in [0.3, 0.4) is 0 Å². The summed E-state index contributed by atoms with van der Waals surface area (Å²) >= 11 is 0. The van der Waals surface area contributed by atoms with Gasteiger partial charge in [-0.3, -0.25) is 4.79 Å². The Labute approximate surface area is 146 Å². The first-order chi connectivity index (χ1) is 12.0. The third-order valence-electron chi connectivity index (χ3n) is 5.07. The molecule has 3 rings (SSSR count). The number of aryl methyl sites for hydroxylation is 1. The van der Waals surface area contributed by atoms with Gasteiger partial charge >= 0.3 is 0 Å². The second-order valence-electron chi connectivity index (χ2n) is 7.26. The van der Waals surface area contributed by atoms with Crippen molar-refractivity contribution in [1.82, 2.24) is 25.5 Å². The highest BCUT2D eigenvalue weighted by Crippen LogP contribution is 2.36. The van der Waals surface area contributed by atoms with E-state index in [1.165, 1.54) is 29.7 Å². The molecule has 6 nitrogen and oxygen atoms in total. The fourth-order valence-electron chi connectivity index (χ4n) is 3.53. The number of halogens is 1. The molecule has 0 saturated heterocycles. The molecule has 1 N–H and O–H groups in total. The van der Waals surface area contributed by atoms with Crippen LogP contribution in [-0.2, 0) is 11.2 Å². The van der Waals surface area contributed by atoms with E-state index in [9.17, 15) is 9.18 Å². The molecule has 1 aliphatic rings. The first-order valence-electron chi connectivity index (χ1n) is 8.73. The van der Waals surface area contributed by atoms with Gasteiger partial charge in [-0.05, 0) is 53.3 Å². The van der Waals surface area contributed by atoms with Crippen molar-refractivity contribution < 1.29 is 9.18 Å². The van der Waals surface area contributed by atoms with Crippen LogP contribution in [0.25, 0.3) is 0 Å². The highest BCUT2D eigenvalue weighted by atomic mass is 19.1. The normalized spacial score (nSPS) is 17.4. The molecule has 2 aromatic rings. The first kappa shape index (κ1) is 17.5. The zero-order valence-corrected chi connectivity index (χ0v) is 14.7. The molecule has 1 aromatic heterocycles. The minimum atomic E-state index is -0.596. The zero-order chi connectivity index (χ0) is 17.9. The predicted octanol–water partition coefficient (Wildman–Crippen LogP) is 2.60. The minimum Gasteiger partial charge on any atom is -0.354 e. The lowest BCUT2D eigenvalue weighted by molar-refractivity contribution is -0.125. The van der Waals surface area contributed by atoms with Gasteiger partial charge in [0.25, 0.3) is 0 Å². The zero-order valence-electron chi connectivity index (χ0n) is 14.7. The summed E-state index contributed by atoms with van der Waals surface area (Å²) < 4.78 is 15.0. The number of amides is 1. The van der Waals surface area contributed by atoms with Gasteiger partial charge in [0, 0.05) is 13.0 Å². The summed E-state index contributed by atoms with van der Waals surface area (Å²) in [4.78, 5) is 12.9. The van der Waals surface area contributed by atoms with Crippen molar-refractivity contribution in [2.24, 2.45) is 5.41 Å². The highest BCUT2D eigenvalue weighted by Gasteiger charge is 2.31. The quantitative estimate of drug-likeness (QED) is 0.873. The van der Waals surface area contributed by atoms with E-state index in [0.29, 0.717) is 18.8 Å². The average Bonchev–Trinajstić information content (AvgIpc) is 3.20. The van der Waals surface area contributed by atoms with Crippen LogP contribution in [0.15, 0.2) is 24.3 Å². The van der Waals surface area contributed by atoms with E-state index in [1.54, 1.807) is 19.1 Å². The fourth-order valence-corrected chi connectivity index (χ4v) is 3.53. The lowest BCUT2D eigenvalue weighted by Gasteiger charge is -2.25. The summed E-state index contributed by atoms with van der Waals surface area (Å²) in [6.07, 6.45) is 5.03. The maximum Gasteiger partial charge on any atom is 0.245 e. The standard InChI is InChI=1S/C18H24FN5O/c1-13-21-22-23-24(13)16(11-14-6-5-7-15(19)10-14)17(25)20-12-18(2)8-3-4-9-18/h5-7,10,16H,3-4,8-9,11-12H2,1-2H3,(H,20,25).